The lowest BCUT2D eigenvalue weighted by Gasteiger charge is -2.34. The van der Waals surface area contributed by atoms with E-state index in [1.165, 1.54) is 0 Å². The van der Waals surface area contributed by atoms with Gasteiger partial charge in [-0.25, -0.2) is 0 Å². The van der Waals surface area contributed by atoms with Gasteiger partial charge in [-0.05, 0) is 49.2 Å². The first kappa shape index (κ1) is 19.9. The van der Waals surface area contributed by atoms with Gasteiger partial charge in [-0.2, -0.15) is 0 Å². The van der Waals surface area contributed by atoms with Crippen LogP contribution in [0.2, 0.25) is 0 Å². The van der Waals surface area contributed by atoms with Gasteiger partial charge in [0, 0.05) is 37.4 Å². The van der Waals surface area contributed by atoms with Crippen molar-refractivity contribution < 1.29 is 14.3 Å². The van der Waals surface area contributed by atoms with Crippen molar-refractivity contribution in [1.29, 1.82) is 0 Å². The number of nitrogens with one attached hydrogen (secondary N) is 1. The van der Waals surface area contributed by atoms with E-state index in [-0.39, 0.29) is 11.8 Å². The van der Waals surface area contributed by atoms with Crippen LogP contribution in [0, 0.1) is 13.8 Å². The Balaban J connectivity index is 1.51. The Bertz CT molecular complexity index is 858. The molecule has 1 N–H and O–H groups in total. The predicted octanol–water partition coefficient (Wildman–Crippen LogP) is 2.71. The van der Waals surface area contributed by atoms with Crippen molar-refractivity contribution in [2.45, 2.75) is 13.8 Å². The van der Waals surface area contributed by atoms with Crippen LogP contribution in [0.3, 0.4) is 0 Å². The Morgan fingerprint density at radius 1 is 1.04 bits per heavy atom. The number of anilines is 1. The molecule has 0 radical (unpaired) electrons. The highest BCUT2D eigenvalue weighted by molar-refractivity contribution is 5.95. The van der Waals surface area contributed by atoms with Gasteiger partial charge in [0.25, 0.3) is 5.91 Å². The van der Waals surface area contributed by atoms with Gasteiger partial charge in [-0.15, -0.1) is 0 Å². The lowest BCUT2D eigenvalue weighted by atomic mass is 10.1. The third-order valence-electron chi connectivity index (χ3n) is 5.01. The second-order valence-electron chi connectivity index (χ2n) is 7.17. The van der Waals surface area contributed by atoms with E-state index in [2.05, 4.69) is 10.2 Å². The van der Waals surface area contributed by atoms with Gasteiger partial charge in [0.15, 0.2) is 0 Å². The van der Waals surface area contributed by atoms with Gasteiger partial charge < -0.3 is 15.0 Å². The number of aryl methyl sites for hydroxylation is 2. The average Bonchev–Trinajstić information content (AvgIpc) is 2.71. The van der Waals surface area contributed by atoms with E-state index in [0.29, 0.717) is 44.0 Å². The summed E-state index contributed by atoms with van der Waals surface area (Å²) in [6.07, 6.45) is 0. The second kappa shape index (κ2) is 8.89. The van der Waals surface area contributed by atoms with Crippen LogP contribution in [0.1, 0.15) is 21.5 Å². The first-order valence-electron chi connectivity index (χ1n) is 9.49. The summed E-state index contributed by atoms with van der Waals surface area (Å²) in [6, 6.07) is 13.2. The van der Waals surface area contributed by atoms with Crippen LogP contribution in [0.15, 0.2) is 42.5 Å². The molecule has 148 valence electrons. The maximum absolute atomic E-state index is 12.7. The van der Waals surface area contributed by atoms with Crippen molar-refractivity contribution in [1.82, 2.24) is 9.80 Å². The van der Waals surface area contributed by atoms with Crippen molar-refractivity contribution in [3.05, 3.63) is 59.2 Å². The summed E-state index contributed by atoms with van der Waals surface area (Å²) < 4.78 is 5.19. The molecular formula is C22H27N3O3. The molecule has 0 bridgehead atoms. The number of rotatable bonds is 5. The minimum absolute atomic E-state index is 0.00149. The minimum atomic E-state index is -0.0266. The molecule has 2 aromatic carbocycles. The number of ether oxygens (including phenoxy) is 1. The molecule has 1 fully saturated rings. The van der Waals surface area contributed by atoms with E-state index in [9.17, 15) is 9.59 Å². The first-order valence-corrected chi connectivity index (χ1v) is 9.49. The third kappa shape index (κ3) is 4.89. The van der Waals surface area contributed by atoms with Gasteiger partial charge in [0.2, 0.25) is 5.91 Å². The first-order chi connectivity index (χ1) is 13.5. The number of nitrogens with zero attached hydrogens (tertiary/aromatic N) is 2. The van der Waals surface area contributed by atoms with E-state index >= 15 is 0 Å². The fourth-order valence-electron chi connectivity index (χ4n) is 3.31. The number of piperazine rings is 1. The third-order valence-corrected chi connectivity index (χ3v) is 5.01. The second-order valence-corrected chi connectivity index (χ2v) is 7.17. The lowest BCUT2D eigenvalue weighted by molar-refractivity contribution is -0.117. The van der Waals surface area contributed by atoms with E-state index in [1.807, 2.05) is 49.1 Å². The number of amides is 2. The van der Waals surface area contributed by atoms with E-state index in [0.717, 1.165) is 16.8 Å². The number of benzene rings is 2. The monoisotopic (exact) mass is 381 g/mol. The van der Waals surface area contributed by atoms with Gasteiger partial charge in [-0.3, -0.25) is 14.5 Å². The van der Waals surface area contributed by atoms with Crippen molar-refractivity contribution in [3.8, 4) is 5.75 Å². The standard InChI is InChI=1S/C22H27N3O3/c1-16-7-8-17(2)20(13-16)23-21(26)15-24-9-11-25(12-10-24)22(27)18-5-4-6-19(14-18)28-3/h4-8,13-14H,9-12,15H2,1-3H3,(H,23,26). The Kier molecular flexibility index (Phi) is 6.31. The molecule has 0 aromatic heterocycles. The Morgan fingerprint density at radius 3 is 2.50 bits per heavy atom. The van der Waals surface area contributed by atoms with Crippen LogP contribution in [0.4, 0.5) is 5.69 Å². The highest BCUT2D eigenvalue weighted by Gasteiger charge is 2.23. The topological polar surface area (TPSA) is 61.9 Å². The molecule has 0 aliphatic carbocycles. The van der Waals surface area contributed by atoms with E-state index in [1.54, 1.807) is 19.2 Å². The van der Waals surface area contributed by atoms with Crippen LogP contribution in [-0.4, -0.2) is 61.4 Å². The molecule has 6 heteroatoms. The zero-order valence-electron chi connectivity index (χ0n) is 16.7. The molecule has 1 aliphatic heterocycles. The van der Waals surface area contributed by atoms with Crippen LogP contribution in [0.25, 0.3) is 0 Å². The summed E-state index contributed by atoms with van der Waals surface area (Å²) >= 11 is 0. The summed E-state index contributed by atoms with van der Waals surface area (Å²) in [5.74, 6) is 0.646. The van der Waals surface area contributed by atoms with E-state index < -0.39 is 0 Å². The molecule has 0 atom stereocenters. The number of carbonyl (C=O) groups excluding carboxylic acids is 2. The number of hydrogen-bond donors (Lipinski definition) is 1. The highest BCUT2D eigenvalue weighted by Crippen LogP contribution is 2.17. The van der Waals surface area contributed by atoms with Crippen molar-refractivity contribution in [2.75, 3.05) is 45.2 Å². The maximum atomic E-state index is 12.7. The summed E-state index contributed by atoms with van der Waals surface area (Å²) in [5.41, 5.74) is 3.65. The molecule has 0 spiro atoms. The molecular weight excluding hydrogens is 354 g/mol. The molecule has 1 aliphatic rings. The molecule has 2 amide bonds. The van der Waals surface area contributed by atoms with Crippen molar-refractivity contribution >= 4 is 17.5 Å². The predicted molar refractivity (Wildman–Crippen MR) is 110 cm³/mol. The highest BCUT2D eigenvalue weighted by atomic mass is 16.5. The average molecular weight is 381 g/mol. The zero-order chi connectivity index (χ0) is 20.1. The lowest BCUT2D eigenvalue weighted by Crippen LogP contribution is -2.50. The maximum Gasteiger partial charge on any atom is 0.254 e. The fourth-order valence-corrected chi connectivity index (χ4v) is 3.31. The number of hydrogen-bond acceptors (Lipinski definition) is 4. The van der Waals surface area contributed by atoms with Crippen molar-refractivity contribution in [3.63, 3.8) is 0 Å². The smallest absolute Gasteiger partial charge is 0.254 e. The Morgan fingerprint density at radius 2 is 1.79 bits per heavy atom. The molecule has 1 heterocycles. The fraction of sp³-hybridized carbons (Fsp3) is 0.364. The zero-order valence-corrected chi connectivity index (χ0v) is 16.7. The quantitative estimate of drug-likeness (QED) is 0.865. The summed E-state index contributed by atoms with van der Waals surface area (Å²) in [5, 5.41) is 3.00. The summed E-state index contributed by atoms with van der Waals surface area (Å²) in [6.45, 7) is 6.88. The Labute approximate surface area is 166 Å². The molecule has 0 unspecified atom stereocenters. The minimum Gasteiger partial charge on any atom is -0.497 e. The molecule has 6 nitrogen and oxygen atoms in total. The van der Waals surface area contributed by atoms with Crippen molar-refractivity contribution in [2.24, 2.45) is 0 Å². The normalized spacial score (nSPS) is 14.6. The van der Waals surface area contributed by atoms with E-state index in [4.69, 9.17) is 4.74 Å². The Hall–Kier alpha value is -2.86. The van der Waals surface area contributed by atoms with Crippen LogP contribution < -0.4 is 10.1 Å². The molecule has 1 saturated heterocycles. The van der Waals surface area contributed by atoms with Gasteiger partial charge in [-0.1, -0.05) is 18.2 Å². The van der Waals surface area contributed by atoms with Crippen LogP contribution in [0.5, 0.6) is 5.75 Å². The summed E-state index contributed by atoms with van der Waals surface area (Å²) in [4.78, 5) is 29.0. The van der Waals surface area contributed by atoms with Gasteiger partial charge in [0.1, 0.15) is 5.75 Å². The molecule has 2 aromatic rings. The SMILES string of the molecule is COc1cccc(C(=O)N2CCN(CC(=O)Nc3cc(C)ccc3C)CC2)c1. The van der Waals surface area contributed by atoms with Crippen LogP contribution in [-0.2, 0) is 4.79 Å². The molecule has 0 saturated carbocycles. The summed E-state index contributed by atoms with van der Waals surface area (Å²) in [7, 11) is 1.59. The number of methoxy groups -OCH3 is 1. The number of carbonyl (C=O) groups is 2. The van der Waals surface area contributed by atoms with Crippen LogP contribution >= 0.6 is 0 Å². The molecule has 3 rings (SSSR count). The van der Waals surface area contributed by atoms with Gasteiger partial charge >= 0.3 is 0 Å². The van der Waals surface area contributed by atoms with Gasteiger partial charge in [0.05, 0.1) is 13.7 Å². The molecule has 28 heavy (non-hydrogen) atoms. The largest absolute Gasteiger partial charge is 0.497 e.